The van der Waals surface area contributed by atoms with Crippen LogP contribution in [0.4, 0.5) is 5.82 Å². The molecule has 4 rings (SSSR count). The summed E-state index contributed by atoms with van der Waals surface area (Å²) >= 11 is 0. The first kappa shape index (κ1) is 25.9. The molecule has 2 unspecified atom stereocenters. The standard InChI is InChI=1S/C29H40N6O/c1-3-16-36-26-10-14-34(15-11-26)28-18-25(31)7-8-27(28)33-20-24(19-30)23-9-12-32-29(17-23)35-13-5-6-22(4-2)21-35/h3-4,8-9,12,17-20,22,25-26H,1-2,5-7,10-11,13-16,21,30-31H2/b24-19+,33-20?. The van der Waals surface area contributed by atoms with Crippen molar-refractivity contribution < 1.29 is 4.74 Å². The van der Waals surface area contributed by atoms with Crippen LogP contribution in [0.25, 0.3) is 5.57 Å². The lowest BCUT2D eigenvalue weighted by atomic mass is 9.98. The van der Waals surface area contributed by atoms with Crippen molar-refractivity contribution in [3.8, 4) is 0 Å². The van der Waals surface area contributed by atoms with E-state index < -0.39 is 0 Å². The van der Waals surface area contributed by atoms with Crippen molar-refractivity contribution in [2.75, 3.05) is 37.7 Å². The summed E-state index contributed by atoms with van der Waals surface area (Å²) in [4.78, 5) is 14.2. The number of hydrogen-bond acceptors (Lipinski definition) is 7. The Balaban J connectivity index is 1.46. The van der Waals surface area contributed by atoms with Crippen LogP contribution in [0.2, 0.25) is 0 Å². The molecule has 2 atom stereocenters. The quantitative estimate of drug-likeness (QED) is 0.403. The van der Waals surface area contributed by atoms with Gasteiger partial charge in [-0.15, -0.1) is 13.2 Å². The number of nitrogens with zero attached hydrogens (tertiary/aromatic N) is 4. The van der Waals surface area contributed by atoms with Crippen molar-refractivity contribution >= 4 is 17.6 Å². The molecule has 3 aliphatic rings. The molecule has 192 valence electrons. The number of rotatable bonds is 9. The van der Waals surface area contributed by atoms with Crippen LogP contribution in [0.5, 0.6) is 0 Å². The molecule has 7 heteroatoms. The summed E-state index contributed by atoms with van der Waals surface area (Å²) in [5.74, 6) is 1.47. The third-order valence-corrected chi connectivity index (χ3v) is 7.17. The molecule has 2 saturated heterocycles. The van der Waals surface area contributed by atoms with Gasteiger partial charge in [0.2, 0.25) is 0 Å². The van der Waals surface area contributed by atoms with Gasteiger partial charge >= 0.3 is 0 Å². The Labute approximate surface area is 215 Å². The predicted octanol–water partition coefficient (Wildman–Crippen LogP) is 4.02. The molecule has 7 nitrogen and oxygen atoms in total. The Kier molecular flexibility index (Phi) is 9.14. The van der Waals surface area contributed by atoms with E-state index in [0.717, 1.165) is 80.2 Å². The molecule has 36 heavy (non-hydrogen) atoms. The number of anilines is 1. The Bertz CT molecular complexity index is 1030. The van der Waals surface area contributed by atoms with Crippen molar-refractivity contribution in [2.45, 2.75) is 44.2 Å². The van der Waals surface area contributed by atoms with E-state index in [0.29, 0.717) is 12.5 Å². The summed E-state index contributed by atoms with van der Waals surface area (Å²) in [6.45, 7) is 12.1. The van der Waals surface area contributed by atoms with E-state index in [-0.39, 0.29) is 12.1 Å². The minimum Gasteiger partial charge on any atom is -0.404 e. The predicted molar refractivity (Wildman–Crippen MR) is 150 cm³/mol. The van der Waals surface area contributed by atoms with Crippen molar-refractivity contribution in [3.63, 3.8) is 0 Å². The fourth-order valence-corrected chi connectivity index (χ4v) is 5.10. The van der Waals surface area contributed by atoms with Gasteiger partial charge in [-0.2, -0.15) is 0 Å². The first-order chi connectivity index (χ1) is 17.6. The Morgan fingerprint density at radius 1 is 1.19 bits per heavy atom. The first-order valence-electron chi connectivity index (χ1n) is 13.1. The first-order valence-corrected chi connectivity index (χ1v) is 13.1. The molecule has 4 N–H and O–H groups in total. The van der Waals surface area contributed by atoms with E-state index in [1.807, 2.05) is 24.6 Å². The number of aliphatic imine (C=N–C) groups is 1. The van der Waals surface area contributed by atoms with E-state index in [4.69, 9.17) is 21.2 Å². The van der Waals surface area contributed by atoms with Crippen LogP contribution in [0.3, 0.4) is 0 Å². The summed E-state index contributed by atoms with van der Waals surface area (Å²) in [6, 6.07) is 4.09. The van der Waals surface area contributed by atoms with Crippen LogP contribution >= 0.6 is 0 Å². The summed E-state index contributed by atoms with van der Waals surface area (Å²) in [7, 11) is 0. The normalized spacial score (nSPS) is 24.0. The molecule has 1 aromatic heterocycles. The minimum absolute atomic E-state index is 0.00454. The molecule has 0 spiro atoms. The molecule has 0 saturated carbocycles. The molecule has 3 heterocycles. The lowest BCUT2D eigenvalue weighted by Gasteiger charge is -2.36. The van der Waals surface area contributed by atoms with Gasteiger partial charge in [-0.05, 0) is 61.8 Å². The lowest BCUT2D eigenvalue weighted by molar-refractivity contribution is 0.0300. The third-order valence-electron chi connectivity index (χ3n) is 7.17. The SMILES string of the molecule is C=CCOC1CCN(C2=CC(N)CC=C2N=C/C(=C\N)c2ccnc(N3CCCC(C=C)C3)c2)CC1. The van der Waals surface area contributed by atoms with Gasteiger partial charge in [0.05, 0.1) is 24.1 Å². The zero-order valence-electron chi connectivity index (χ0n) is 21.3. The molecular formula is C29H40N6O. The number of allylic oxidation sites excluding steroid dienone is 1. The molecule has 2 aliphatic heterocycles. The zero-order valence-corrected chi connectivity index (χ0v) is 21.3. The molecule has 2 fully saturated rings. The second-order valence-electron chi connectivity index (χ2n) is 9.72. The third kappa shape index (κ3) is 6.53. The van der Waals surface area contributed by atoms with Gasteiger partial charge in [0.1, 0.15) is 5.82 Å². The van der Waals surface area contributed by atoms with Crippen LogP contribution in [0.1, 0.15) is 37.7 Å². The molecule has 0 bridgehead atoms. The van der Waals surface area contributed by atoms with Gasteiger partial charge < -0.3 is 26.0 Å². The van der Waals surface area contributed by atoms with Gasteiger partial charge in [0.25, 0.3) is 0 Å². The molecule has 0 aromatic carbocycles. The Hall–Kier alpha value is -3.16. The maximum absolute atomic E-state index is 6.28. The van der Waals surface area contributed by atoms with Gasteiger partial charge in [-0.3, -0.25) is 4.99 Å². The van der Waals surface area contributed by atoms with E-state index in [2.05, 4.69) is 52.2 Å². The highest BCUT2D eigenvalue weighted by atomic mass is 16.5. The highest BCUT2D eigenvalue weighted by molar-refractivity contribution is 6.10. The van der Waals surface area contributed by atoms with Crippen molar-refractivity contribution in [1.29, 1.82) is 0 Å². The maximum atomic E-state index is 6.28. The highest BCUT2D eigenvalue weighted by Crippen LogP contribution is 2.28. The van der Waals surface area contributed by atoms with Crippen LogP contribution in [0, 0.1) is 5.92 Å². The van der Waals surface area contributed by atoms with E-state index in [1.165, 1.54) is 6.42 Å². The fourth-order valence-electron chi connectivity index (χ4n) is 5.10. The van der Waals surface area contributed by atoms with E-state index in [9.17, 15) is 0 Å². The van der Waals surface area contributed by atoms with Gasteiger partial charge in [0, 0.05) is 56.4 Å². The zero-order chi connectivity index (χ0) is 25.3. The summed E-state index contributed by atoms with van der Waals surface area (Å²) in [5, 5.41) is 0. The molecule has 0 radical (unpaired) electrons. The number of hydrogen-bond donors (Lipinski definition) is 2. The van der Waals surface area contributed by atoms with Crippen LogP contribution in [0.15, 0.2) is 78.4 Å². The van der Waals surface area contributed by atoms with Crippen LogP contribution in [-0.2, 0) is 4.74 Å². The van der Waals surface area contributed by atoms with E-state index in [1.54, 1.807) is 6.20 Å². The summed E-state index contributed by atoms with van der Waals surface area (Å²) in [5.41, 5.74) is 16.3. The van der Waals surface area contributed by atoms with Crippen LogP contribution < -0.4 is 16.4 Å². The summed E-state index contributed by atoms with van der Waals surface area (Å²) in [6.07, 6.45) is 18.8. The molecule has 1 aliphatic carbocycles. The second-order valence-corrected chi connectivity index (χ2v) is 9.72. The second kappa shape index (κ2) is 12.7. The van der Waals surface area contributed by atoms with Crippen molar-refractivity contribution in [3.05, 3.63) is 78.9 Å². The lowest BCUT2D eigenvalue weighted by Crippen LogP contribution is -2.38. The number of likely N-dealkylation sites (tertiary alicyclic amines) is 1. The smallest absolute Gasteiger partial charge is 0.129 e. The topological polar surface area (TPSA) is 93.0 Å². The number of nitrogens with two attached hydrogens (primary N) is 2. The maximum Gasteiger partial charge on any atom is 0.129 e. The minimum atomic E-state index is 0.00454. The van der Waals surface area contributed by atoms with Gasteiger partial charge in [-0.1, -0.05) is 18.2 Å². The Morgan fingerprint density at radius 2 is 2.03 bits per heavy atom. The number of ether oxygens (including phenoxy) is 1. The largest absolute Gasteiger partial charge is 0.404 e. The average molecular weight is 489 g/mol. The molecular weight excluding hydrogens is 448 g/mol. The number of pyridine rings is 1. The molecule has 0 amide bonds. The van der Waals surface area contributed by atoms with Gasteiger partial charge in [0.15, 0.2) is 0 Å². The summed E-state index contributed by atoms with van der Waals surface area (Å²) < 4.78 is 5.86. The van der Waals surface area contributed by atoms with Crippen molar-refractivity contribution in [1.82, 2.24) is 9.88 Å². The van der Waals surface area contributed by atoms with E-state index >= 15 is 0 Å². The van der Waals surface area contributed by atoms with Gasteiger partial charge in [-0.25, -0.2) is 4.98 Å². The molecule has 1 aromatic rings. The fraction of sp³-hybridized carbons (Fsp3) is 0.448. The van der Waals surface area contributed by atoms with Crippen LogP contribution in [-0.4, -0.2) is 61.0 Å². The monoisotopic (exact) mass is 488 g/mol. The highest BCUT2D eigenvalue weighted by Gasteiger charge is 2.25. The number of aromatic nitrogens is 1. The number of piperidine rings is 2. The Morgan fingerprint density at radius 3 is 2.78 bits per heavy atom. The average Bonchev–Trinajstić information content (AvgIpc) is 2.93. The van der Waals surface area contributed by atoms with Crippen molar-refractivity contribution in [2.24, 2.45) is 22.4 Å².